The van der Waals surface area contributed by atoms with Crippen LogP contribution in [0.25, 0.3) is 0 Å². The summed E-state index contributed by atoms with van der Waals surface area (Å²) in [6, 6.07) is 0. The molecule has 0 aromatic carbocycles. The second-order valence-electron chi connectivity index (χ2n) is 9.92. The highest BCUT2D eigenvalue weighted by atomic mass is 16.7. The van der Waals surface area contributed by atoms with Crippen LogP contribution in [0.1, 0.15) is 68.2 Å². The van der Waals surface area contributed by atoms with Crippen molar-refractivity contribution in [2.24, 2.45) is 5.92 Å². The molecule has 2 saturated heterocycles. The maximum absolute atomic E-state index is 12.8. The number of nitrogens with zero attached hydrogens (tertiary/aromatic N) is 2. The van der Waals surface area contributed by atoms with Gasteiger partial charge in [-0.15, -0.1) is 10.3 Å². The molecule has 2 aliphatic heterocycles. The van der Waals surface area contributed by atoms with Crippen molar-refractivity contribution >= 4 is 11.9 Å². The first kappa shape index (κ1) is 21.1. The van der Waals surface area contributed by atoms with Crippen LogP contribution in [-0.4, -0.2) is 60.0 Å². The van der Waals surface area contributed by atoms with Crippen molar-refractivity contribution in [2.75, 3.05) is 0 Å². The van der Waals surface area contributed by atoms with Gasteiger partial charge in [-0.1, -0.05) is 0 Å². The number of hydroxylamine groups is 4. The summed E-state index contributed by atoms with van der Waals surface area (Å²) in [5.74, 6) is -2.89. The van der Waals surface area contributed by atoms with Crippen LogP contribution in [0.2, 0.25) is 0 Å². The van der Waals surface area contributed by atoms with Crippen LogP contribution in [0.5, 0.6) is 0 Å². The standard InChI is InChI=1S/C18H31N2O6/c1-14(2)9-11(12(21)22)16(5,6)20(14)26-18(13(23)24)10-15(3,4)19(25)17(18,7)8/h11H,9-10H2,1-8H3,(H,21,22)(H,23,24)/t11?,18-/m0/s1. The molecule has 149 valence electrons. The zero-order valence-corrected chi connectivity index (χ0v) is 16.9. The first-order valence-electron chi connectivity index (χ1n) is 8.87. The summed E-state index contributed by atoms with van der Waals surface area (Å²) in [6.07, 6.45) is 0.308. The molecule has 8 heteroatoms. The molecule has 0 aromatic rings. The van der Waals surface area contributed by atoms with Gasteiger partial charge in [0.1, 0.15) is 0 Å². The average molecular weight is 371 g/mol. The van der Waals surface area contributed by atoms with E-state index >= 15 is 0 Å². The van der Waals surface area contributed by atoms with Gasteiger partial charge in [0.15, 0.2) is 0 Å². The van der Waals surface area contributed by atoms with Gasteiger partial charge in [0.05, 0.1) is 17.0 Å². The van der Waals surface area contributed by atoms with Crippen molar-refractivity contribution in [1.29, 1.82) is 0 Å². The Bertz CT molecular complexity index is 627. The maximum Gasteiger partial charge on any atom is 0.340 e. The Morgan fingerprint density at radius 1 is 0.962 bits per heavy atom. The van der Waals surface area contributed by atoms with E-state index in [9.17, 15) is 25.0 Å². The van der Waals surface area contributed by atoms with E-state index in [1.54, 1.807) is 41.5 Å². The summed E-state index contributed by atoms with van der Waals surface area (Å²) in [4.78, 5) is 30.3. The number of hydrogen-bond acceptors (Lipinski definition) is 5. The number of carboxylic acid groups (broad SMARTS) is 2. The minimum Gasteiger partial charge on any atom is -0.481 e. The summed E-state index contributed by atoms with van der Waals surface area (Å²) in [6.45, 7) is 13.6. The van der Waals surface area contributed by atoms with Crippen molar-refractivity contribution < 1.29 is 29.8 Å². The van der Waals surface area contributed by atoms with Crippen LogP contribution in [-0.2, 0) is 19.6 Å². The van der Waals surface area contributed by atoms with Gasteiger partial charge in [-0.25, -0.2) is 4.79 Å². The fourth-order valence-corrected chi connectivity index (χ4v) is 4.88. The molecule has 0 aliphatic carbocycles. The lowest BCUT2D eigenvalue weighted by molar-refractivity contribution is -0.335. The number of rotatable bonds is 4. The molecule has 1 unspecified atom stereocenters. The SMILES string of the molecule is CC1(C)CC(C(=O)O)C(C)(C)N1O[C@]1(C(=O)O)CC(C)(C)N([O])C1(C)C. The Hall–Kier alpha value is -1.22. The predicted molar refractivity (Wildman–Crippen MR) is 92.5 cm³/mol. The third-order valence-corrected chi connectivity index (χ3v) is 6.25. The highest BCUT2D eigenvalue weighted by Gasteiger charge is 2.70. The first-order valence-corrected chi connectivity index (χ1v) is 8.87. The molecule has 26 heavy (non-hydrogen) atoms. The lowest BCUT2D eigenvalue weighted by atomic mass is 9.82. The Labute approximate surface area is 154 Å². The van der Waals surface area contributed by atoms with Gasteiger partial charge < -0.3 is 10.2 Å². The molecule has 2 heterocycles. The second-order valence-corrected chi connectivity index (χ2v) is 9.92. The van der Waals surface area contributed by atoms with E-state index in [2.05, 4.69) is 0 Å². The van der Waals surface area contributed by atoms with Crippen LogP contribution >= 0.6 is 0 Å². The van der Waals surface area contributed by atoms with Crippen molar-refractivity contribution in [1.82, 2.24) is 10.1 Å². The monoisotopic (exact) mass is 371 g/mol. The van der Waals surface area contributed by atoms with Gasteiger partial charge in [0.2, 0.25) is 5.60 Å². The highest BCUT2D eigenvalue weighted by Crippen LogP contribution is 2.53. The maximum atomic E-state index is 12.8. The van der Waals surface area contributed by atoms with E-state index in [0.717, 1.165) is 5.06 Å². The number of carboxylic acids is 2. The molecule has 2 fully saturated rings. The van der Waals surface area contributed by atoms with Crippen molar-refractivity contribution in [3.05, 3.63) is 0 Å². The van der Waals surface area contributed by atoms with E-state index in [-0.39, 0.29) is 6.42 Å². The van der Waals surface area contributed by atoms with E-state index < -0.39 is 45.6 Å². The van der Waals surface area contributed by atoms with Gasteiger partial charge in [-0.3, -0.25) is 9.63 Å². The number of aliphatic carboxylic acids is 2. The molecular weight excluding hydrogens is 340 g/mol. The fourth-order valence-electron chi connectivity index (χ4n) is 4.88. The van der Waals surface area contributed by atoms with Gasteiger partial charge in [0, 0.05) is 17.5 Å². The van der Waals surface area contributed by atoms with Crippen LogP contribution in [0.3, 0.4) is 0 Å². The van der Waals surface area contributed by atoms with Crippen molar-refractivity contribution in [3.8, 4) is 0 Å². The highest BCUT2D eigenvalue weighted by molar-refractivity contribution is 5.80. The van der Waals surface area contributed by atoms with Crippen LogP contribution in [0.4, 0.5) is 0 Å². The molecule has 0 aromatic heterocycles. The van der Waals surface area contributed by atoms with Crippen LogP contribution in [0, 0.1) is 5.92 Å². The molecule has 0 amide bonds. The average Bonchev–Trinajstić information content (AvgIpc) is 2.71. The molecular formula is C18H31N2O6. The van der Waals surface area contributed by atoms with Gasteiger partial charge in [-0.2, -0.15) is 5.06 Å². The largest absolute Gasteiger partial charge is 0.481 e. The summed E-state index contributed by atoms with van der Waals surface area (Å²) in [5, 5.41) is 34.8. The normalized spacial score (nSPS) is 35.5. The molecule has 2 rings (SSSR count). The smallest absolute Gasteiger partial charge is 0.340 e. The molecule has 2 atom stereocenters. The summed E-state index contributed by atoms with van der Waals surface area (Å²) in [5.41, 5.74) is -5.70. The molecule has 1 radical (unpaired) electrons. The summed E-state index contributed by atoms with van der Waals surface area (Å²) >= 11 is 0. The van der Waals surface area contributed by atoms with E-state index in [1.165, 1.54) is 5.06 Å². The van der Waals surface area contributed by atoms with Gasteiger partial charge >= 0.3 is 11.9 Å². The second kappa shape index (κ2) is 5.64. The Balaban J connectivity index is 2.55. The minimum atomic E-state index is -1.79. The molecule has 0 bridgehead atoms. The molecule has 0 spiro atoms. The number of hydrogen-bond donors (Lipinski definition) is 2. The molecule has 2 N–H and O–H groups in total. The van der Waals surface area contributed by atoms with Gasteiger partial charge in [-0.05, 0) is 61.8 Å². The van der Waals surface area contributed by atoms with Crippen LogP contribution in [0.15, 0.2) is 0 Å². The third-order valence-electron chi connectivity index (χ3n) is 6.25. The van der Waals surface area contributed by atoms with Crippen molar-refractivity contribution in [2.45, 2.75) is 96.0 Å². The minimum absolute atomic E-state index is 0.00771. The lowest BCUT2D eigenvalue weighted by Gasteiger charge is -2.47. The fraction of sp³-hybridized carbons (Fsp3) is 0.889. The van der Waals surface area contributed by atoms with Gasteiger partial charge in [0.25, 0.3) is 0 Å². The lowest BCUT2D eigenvalue weighted by Crippen LogP contribution is -2.64. The van der Waals surface area contributed by atoms with E-state index in [1.807, 2.05) is 13.8 Å². The molecule has 2 aliphatic rings. The third kappa shape index (κ3) is 2.66. The topological polar surface area (TPSA) is 110 Å². The van der Waals surface area contributed by atoms with Crippen molar-refractivity contribution in [3.63, 3.8) is 0 Å². The number of carbonyl (C=O) groups is 2. The quantitative estimate of drug-likeness (QED) is 0.780. The molecule has 8 nitrogen and oxygen atoms in total. The predicted octanol–water partition coefficient (Wildman–Crippen LogP) is 2.31. The zero-order valence-electron chi connectivity index (χ0n) is 16.9. The zero-order chi connectivity index (χ0) is 20.5. The Morgan fingerprint density at radius 2 is 1.46 bits per heavy atom. The summed E-state index contributed by atoms with van der Waals surface area (Å²) < 4.78 is 0. The summed E-state index contributed by atoms with van der Waals surface area (Å²) in [7, 11) is 0. The van der Waals surface area contributed by atoms with E-state index in [4.69, 9.17) is 4.84 Å². The first-order chi connectivity index (χ1) is 11.4. The van der Waals surface area contributed by atoms with E-state index in [0.29, 0.717) is 6.42 Å². The Morgan fingerprint density at radius 3 is 1.77 bits per heavy atom. The molecule has 0 saturated carbocycles. The Kier molecular flexibility index (Phi) is 4.57. The van der Waals surface area contributed by atoms with Crippen LogP contribution < -0.4 is 0 Å².